The largest absolute Gasteiger partial charge is 0.275 e. The molecule has 0 aliphatic rings. The van der Waals surface area contributed by atoms with Crippen molar-refractivity contribution in [3.8, 4) is 0 Å². The summed E-state index contributed by atoms with van der Waals surface area (Å²) in [7, 11) is 0. The van der Waals surface area contributed by atoms with Gasteiger partial charge in [0.05, 0.1) is 0 Å². The van der Waals surface area contributed by atoms with Crippen LogP contribution in [0.4, 0.5) is 0 Å². The van der Waals surface area contributed by atoms with E-state index in [1.165, 1.54) is 20.0 Å². The minimum absolute atomic E-state index is 1.21. The molecule has 0 radical (unpaired) electrons. The van der Waals surface area contributed by atoms with E-state index in [-0.39, 0.29) is 0 Å². The normalized spacial score (nSPS) is 8.67. The summed E-state index contributed by atoms with van der Waals surface area (Å²) in [5.41, 5.74) is 0. The fraction of sp³-hybridized carbons (Fsp3) is 0. The monoisotopic (exact) mass is 112 g/mol. The summed E-state index contributed by atoms with van der Waals surface area (Å²) in [6.45, 7) is 0. The zero-order chi connectivity index (χ0) is 4.41. The number of rotatable bonds is 0. The van der Waals surface area contributed by atoms with Crippen molar-refractivity contribution in [3.05, 3.63) is 17.5 Å². The number of hydrogen-bond donors (Lipinski definition) is 0. The zero-order valence-corrected chi connectivity index (χ0v) is 6.46. The Balaban J connectivity index is 3.05. The fourth-order valence-electron chi connectivity index (χ4n) is 0.361. The maximum atomic E-state index is 2.16. The lowest BCUT2D eigenvalue weighted by molar-refractivity contribution is 2.07. The van der Waals surface area contributed by atoms with Gasteiger partial charge >= 0.3 is 0 Å². The maximum absolute atomic E-state index is 2.16. The Bertz CT molecular complexity index is 111. The van der Waals surface area contributed by atoms with E-state index in [4.69, 9.17) is 0 Å². The third-order valence-corrected chi connectivity index (χ3v) is 2.50. The molecule has 0 nitrogen and oxygen atoms in total. The van der Waals surface area contributed by atoms with Crippen molar-refractivity contribution in [2.75, 3.05) is 0 Å². The lowest BCUT2D eigenvalue weighted by Crippen LogP contribution is -1.88. The summed E-state index contributed by atoms with van der Waals surface area (Å²) >= 11 is 3.05. The summed E-state index contributed by atoms with van der Waals surface area (Å²) in [5, 5.41) is 2.11. The van der Waals surface area contributed by atoms with Crippen LogP contribution in [0.2, 0.25) is 0 Å². The topological polar surface area (TPSA) is 0 Å². The van der Waals surface area contributed by atoms with Gasteiger partial charge in [0.1, 0.15) is 0 Å². The Morgan fingerprint density at radius 3 is 2.67 bits per heavy atom. The van der Waals surface area contributed by atoms with Crippen LogP contribution in [-0.4, -0.2) is 16.3 Å². The molecule has 0 aromatic carbocycles. The van der Waals surface area contributed by atoms with Crippen LogP contribution in [0.15, 0.2) is 17.5 Å². The highest BCUT2D eigenvalue weighted by molar-refractivity contribution is 7.18. The second-order valence-corrected chi connectivity index (χ2v) is 4.18. The van der Waals surface area contributed by atoms with Crippen LogP contribution in [-0.2, 0) is 0 Å². The van der Waals surface area contributed by atoms with Crippen molar-refractivity contribution >= 4 is 31.4 Å². The molecule has 0 spiro atoms. The van der Waals surface area contributed by atoms with E-state index in [0.717, 1.165) is 0 Å². The van der Waals surface area contributed by atoms with Gasteiger partial charge in [-0.25, -0.2) is 0 Å². The number of hydrogen-bond acceptors (Lipinski definition) is 1. The average molecular weight is 112 g/mol. The first kappa shape index (κ1) is 4.39. The average Bonchev–Trinajstić information content (AvgIpc) is 1.86. The molecule has 0 unspecified atom stereocenters. The molecule has 1 rings (SSSR count). The first-order valence-electron chi connectivity index (χ1n) is 1.90. The van der Waals surface area contributed by atoms with E-state index >= 15 is 0 Å². The molecule has 0 N–H and O–H groups in total. The molecule has 0 saturated heterocycles. The fourth-order valence-corrected chi connectivity index (χ4v) is 1.49. The molecule has 0 amide bonds. The molecule has 0 fully saturated rings. The minimum atomic E-state index is 1.21. The molecule has 6 heavy (non-hydrogen) atoms. The van der Waals surface area contributed by atoms with Crippen molar-refractivity contribution in [2.24, 2.45) is 0 Å². The Kier molecular flexibility index (Phi) is 1.31. The first-order chi connectivity index (χ1) is 2.89. The third-order valence-electron chi connectivity index (χ3n) is 0.663. The van der Waals surface area contributed by atoms with Crippen LogP contribution >= 0.6 is 11.3 Å². The molecule has 1 aromatic heterocycles. The molecule has 2 heteroatoms. The van der Waals surface area contributed by atoms with Gasteiger partial charge in [-0.1, -0.05) is 15.9 Å². The first-order valence-corrected chi connectivity index (χ1v) is 3.77. The third kappa shape index (κ3) is 0.845. The summed E-state index contributed by atoms with van der Waals surface area (Å²) in [6, 6.07) is 4.25. The molecule has 0 aliphatic heterocycles. The lowest BCUT2D eigenvalue weighted by atomic mass is 10.7. The highest BCUT2D eigenvalue weighted by Crippen LogP contribution is 1.87. The standard InChI is InChI=1S/C4H3S.Al.2H/c1-2-4-5-3-1;;;/h1-3H;;;. The van der Waals surface area contributed by atoms with Gasteiger partial charge in [-0.15, -0.1) is 0 Å². The Hall–Kier alpha value is 0.232. The van der Waals surface area contributed by atoms with Gasteiger partial charge in [-0.05, 0) is 5.38 Å². The number of thiophene rings is 1. The summed E-state index contributed by atoms with van der Waals surface area (Å²) in [6.07, 6.45) is 0. The van der Waals surface area contributed by atoms with Gasteiger partial charge in [-0.3, -0.25) is 0 Å². The summed E-state index contributed by atoms with van der Waals surface area (Å²) in [5.74, 6) is 0. The molecule has 30 valence electrons. The van der Waals surface area contributed by atoms with Crippen LogP contribution in [0.3, 0.4) is 0 Å². The van der Waals surface area contributed by atoms with Crippen LogP contribution in [0.5, 0.6) is 0 Å². The molecular weight excluding hydrogens is 107 g/mol. The van der Waals surface area contributed by atoms with E-state index in [1.807, 2.05) is 11.3 Å². The molecule has 1 heterocycles. The predicted octanol–water partition coefficient (Wildman–Crippen LogP) is 0.00650. The van der Waals surface area contributed by atoms with E-state index < -0.39 is 0 Å². The maximum Gasteiger partial charge on any atom is 0.275 e. The van der Waals surface area contributed by atoms with Gasteiger partial charge in [0, 0.05) is 0 Å². The molecular formula is C4H5AlS. The Morgan fingerprint density at radius 2 is 2.50 bits per heavy atom. The molecule has 0 saturated carbocycles. The quantitative estimate of drug-likeness (QED) is 0.415. The highest BCUT2D eigenvalue weighted by Gasteiger charge is 1.75. The van der Waals surface area contributed by atoms with Crippen LogP contribution in [0.1, 0.15) is 0 Å². The van der Waals surface area contributed by atoms with E-state index in [1.54, 1.807) is 0 Å². The van der Waals surface area contributed by atoms with Gasteiger partial charge < -0.3 is 0 Å². The smallest absolute Gasteiger partial charge is 0.168 e. The second kappa shape index (κ2) is 1.79. The van der Waals surface area contributed by atoms with Crippen LogP contribution in [0.25, 0.3) is 0 Å². The van der Waals surface area contributed by atoms with Crippen molar-refractivity contribution in [3.63, 3.8) is 0 Å². The van der Waals surface area contributed by atoms with E-state index in [2.05, 4.69) is 17.5 Å². The predicted molar refractivity (Wildman–Crippen MR) is 32.5 cm³/mol. The molecule has 0 bridgehead atoms. The van der Waals surface area contributed by atoms with Gasteiger partial charge in [0.25, 0.3) is 16.3 Å². The van der Waals surface area contributed by atoms with E-state index in [9.17, 15) is 0 Å². The lowest BCUT2D eigenvalue weighted by Gasteiger charge is -1.65. The van der Waals surface area contributed by atoms with Gasteiger partial charge in [-0.2, -0.15) is 11.3 Å². The second-order valence-electron chi connectivity index (χ2n) is 1.22. The van der Waals surface area contributed by atoms with Crippen molar-refractivity contribution in [1.82, 2.24) is 0 Å². The summed E-state index contributed by atoms with van der Waals surface area (Å²) < 4.78 is 1.52. The van der Waals surface area contributed by atoms with E-state index in [0.29, 0.717) is 0 Å². The SMILES string of the molecule is [AlH2][c]1cccs1. The van der Waals surface area contributed by atoms with Gasteiger partial charge in [0.2, 0.25) is 0 Å². The zero-order valence-electron chi connectivity index (χ0n) is 3.64. The molecule has 1 aromatic rings. The van der Waals surface area contributed by atoms with Crippen LogP contribution in [0, 0.1) is 0 Å². The molecule has 0 atom stereocenters. The Morgan fingerprint density at radius 1 is 1.67 bits per heavy atom. The van der Waals surface area contributed by atoms with Crippen molar-refractivity contribution in [2.45, 2.75) is 0 Å². The molecule has 0 aliphatic carbocycles. The summed E-state index contributed by atoms with van der Waals surface area (Å²) in [4.78, 5) is 0. The van der Waals surface area contributed by atoms with Crippen molar-refractivity contribution < 1.29 is 0 Å². The van der Waals surface area contributed by atoms with Crippen molar-refractivity contribution in [1.29, 1.82) is 0 Å². The van der Waals surface area contributed by atoms with Crippen LogP contribution < -0.4 is 3.74 Å². The van der Waals surface area contributed by atoms with Gasteiger partial charge in [0.15, 0.2) is 0 Å². The highest BCUT2D eigenvalue weighted by atomic mass is 32.1. The minimum Gasteiger partial charge on any atom is -0.168 e. The Labute approximate surface area is 49.2 Å².